The Hall–Kier alpha value is -4.01. The van der Waals surface area contributed by atoms with Crippen LogP contribution in [0.15, 0.2) is 66.9 Å². The van der Waals surface area contributed by atoms with Gasteiger partial charge in [0.05, 0.1) is 12.5 Å². The molecule has 2 aliphatic rings. The first-order valence-corrected chi connectivity index (χ1v) is 11.7. The van der Waals surface area contributed by atoms with Crippen molar-refractivity contribution in [3.8, 4) is 5.75 Å². The van der Waals surface area contributed by atoms with Crippen molar-refractivity contribution in [1.82, 2.24) is 15.1 Å². The molecule has 2 atom stereocenters. The van der Waals surface area contributed by atoms with Gasteiger partial charge in [-0.1, -0.05) is 6.07 Å². The summed E-state index contributed by atoms with van der Waals surface area (Å²) in [6.45, 7) is 2.38. The van der Waals surface area contributed by atoms with Gasteiger partial charge in [0.15, 0.2) is 5.82 Å². The second-order valence-corrected chi connectivity index (χ2v) is 8.82. The fourth-order valence-electron chi connectivity index (χ4n) is 4.51. The van der Waals surface area contributed by atoms with Crippen LogP contribution in [0.1, 0.15) is 23.2 Å². The molecule has 0 aliphatic carbocycles. The lowest BCUT2D eigenvalue weighted by molar-refractivity contribution is -0.119. The Morgan fingerprint density at radius 3 is 2.63 bits per heavy atom. The number of carbonyl (C=O) groups excluding carboxylic acids is 2. The fraction of sp³-hybridized carbons (Fsp3) is 0.308. The van der Waals surface area contributed by atoms with Gasteiger partial charge in [0.25, 0.3) is 5.91 Å². The summed E-state index contributed by atoms with van der Waals surface area (Å²) in [5.41, 5.74) is 1.04. The predicted octanol–water partition coefficient (Wildman–Crippen LogP) is 3.37. The van der Waals surface area contributed by atoms with Crippen LogP contribution in [0, 0.1) is 11.7 Å². The molecule has 2 aliphatic heterocycles. The number of halogens is 1. The molecule has 2 saturated heterocycles. The molecule has 0 radical (unpaired) electrons. The molecule has 0 spiro atoms. The van der Waals surface area contributed by atoms with Crippen molar-refractivity contribution in [2.24, 2.45) is 5.92 Å². The molecule has 1 N–H and O–H groups in total. The van der Waals surface area contributed by atoms with Gasteiger partial charge in [0.1, 0.15) is 17.7 Å². The number of nitrogens with zero attached hydrogens (tertiary/aromatic N) is 4. The topological polar surface area (TPSA) is 87.7 Å². The molecule has 0 saturated carbocycles. The van der Waals surface area contributed by atoms with Crippen molar-refractivity contribution in [2.45, 2.75) is 18.9 Å². The van der Waals surface area contributed by atoms with Gasteiger partial charge >= 0.3 is 0 Å². The first-order valence-electron chi connectivity index (χ1n) is 11.7. The highest BCUT2D eigenvalue weighted by atomic mass is 19.1. The molecule has 2 aromatic carbocycles. The summed E-state index contributed by atoms with van der Waals surface area (Å²) in [6.07, 6.45) is 2.95. The molecule has 2 amide bonds. The largest absolute Gasteiger partial charge is 0.489 e. The minimum absolute atomic E-state index is 0.0210. The number of anilines is 2. The molecule has 0 unspecified atom stereocenters. The molecule has 180 valence electrons. The highest BCUT2D eigenvalue weighted by Crippen LogP contribution is 2.25. The zero-order valence-corrected chi connectivity index (χ0v) is 19.1. The van der Waals surface area contributed by atoms with E-state index in [1.807, 2.05) is 36.4 Å². The SMILES string of the molecule is O=C(Nc1ccc(O[C@@H]2CCN(C(=O)c3cccc(F)c3)C2)cc1)[C@H]1CCN(c2cccnn2)C1. The molecule has 3 heterocycles. The molecule has 8 nitrogen and oxygen atoms in total. The number of rotatable bonds is 6. The van der Waals surface area contributed by atoms with E-state index in [1.54, 1.807) is 17.2 Å². The fourth-order valence-corrected chi connectivity index (χ4v) is 4.51. The van der Waals surface area contributed by atoms with E-state index in [0.29, 0.717) is 43.1 Å². The van der Waals surface area contributed by atoms with Crippen LogP contribution in [-0.2, 0) is 4.79 Å². The second kappa shape index (κ2) is 10.1. The quantitative estimate of drug-likeness (QED) is 0.588. The first kappa shape index (κ1) is 22.8. The third-order valence-electron chi connectivity index (χ3n) is 6.37. The highest BCUT2D eigenvalue weighted by Gasteiger charge is 2.30. The Labute approximate surface area is 202 Å². The van der Waals surface area contributed by atoms with Gasteiger partial charge in [-0.25, -0.2) is 4.39 Å². The maximum Gasteiger partial charge on any atom is 0.254 e. The van der Waals surface area contributed by atoms with Crippen molar-refractivity contribution in [1.29, 1.82) is 0 Å². The highest BCUT2D eigenvalue weighted by molar-refractivity contribution is 5.94. The predicted molar refractivity (Wildman–Crippen MR) is 129 cm³/mol. The number of aromatic nitrogens is 2. The standard InChI is InChI=1S/C26H26FN5O3/c27-20-4-1-3-18(15-20)26(34)32-14-11-23(17-32)35-22-8-6-21(7-9-22)29-25(33)19-10-13-31(16-19)24-5-2-12-28-30-24/h1-9,12,15,19,23H,10-11,13-14,16-17H2,(H,29,33)/t19-,23+/m0/s1. The summed E-state index contributed by atoms with van der Waals surface area (Å²) in [5, 5.41) is 11.0. The number of hydrogen-bond donors (Lipinski definition) is 1. The van der Waals surface area contributed by atoms with Crippen molar-refractivity contribution >= 4 is 23.3 Å². The lowest BCUT2D eigenvalue weighted by atomic mass is 10.1. The van der Waals surface area contributed by atoms with E-state index < -0.39 is 5.82 Å². The van der Waals surface area contributed by atoms with Crippen molar-refractivity contribution < 1.29 is 18.7 Å². The zero-order valence-electron chi connectivity index (χ0n) is 19.1. The van der Waals surface area contributed by atoms with Crippen molar-refractivity contribution in [3.05, 3.63) is 78.2 Å². The van der Waals surface area contributed by atoms with Gasteiger partial charge in [-0.2, -0.15) is 5.10 Å². The normalized spacial score (nSPS) is 19.6. The number of hydrogen-bond acceptors (Lipinski definition) is 6. The zero-order chi connectivity index (χ0) is 24.2. The van der Waals surface area contributed by atoms with E-state index in [-0.39, 0.29) is 23.8 Å². The monoisotopic (exact) mass is 475 g/mol. The Kier molecular flexibility index (Phi) is 6.56. The van der Waals surface area contributed by atoms with E-state index in [0.717, 1.165) is 18.8 Å². The summed E-state index contributed by atoms with van der Waals surface area (Å²) in [7, 11) is 0. The summed E-state index contributed by atoms with van der Waals surface area (Å²) >= 11 is 0. The Bertz CT molecular complexity index is 1190. The van der Waals surface area contributed by atoms with Crippen LogP contribution < -0.4 is 15.0 Å². The first-order chi connectivity index (χ1) is 17.0. The van der Waals surface area contributed by atoms with Gasteiger partial charge < -0.3 is 19.9 Å². The molecule has 35 heavy (non-hydrogen) atoms. The van der Waals surface area contributed by atoms with Crippen LogP contribution in [0.2, 0.25) is 0 Å². The van der Waals surface area contributed by atoms with Crippen molar-refractivity contribution in [2.75, 3.05) is 36.4 Å². The van der Waals surface area contributed by atoms with Crippen LogP contribution in [0.4, 0.5) is 15.9 Å². The van der Waals surface area contributed by atoms with Crippen LogP contribution in [0.25, 0.3) is 0 Å². The maximum atomic E-state index is 13.4. The molecule has 3 aromatic rings. The van der Waals surface area contributed by atoms with E-state index in [9.17, 15) is 14.0 Å². The van der Waals surface area contributed by atoms with Crippen LogP contribution in [0.3, 0.4) is 0 Å². The van der Waals surface area contributed by atoms with E-state index in [4.69, 9.17) is 4.74 Å². The second-order valence-electron chi connectivity index (χ2n) is 8.82. The molecular formula is C26H26FN5O3. The Morgan fingerprint density at radius 2 is 1.86 bits per heavy atom. The minimum atomic E-state index is -0.425. The number of amides is 2. The number of benzene rings is 2. The molecule has 2 fully saturated rings. The number of nitrogens with one attached hydrogen (secondary N) is 1. The van der Waals surface area contributed by atoms with Crippen LogP contribution in [-0.4, -0.2) is 59.2 Å². The number of carbonyl (C=O) groups is 2. The molecule has 0 bridgehead atoms. The summed E-state index contributed by atoms with van der Waals surface area (Å²) in [6, 6.07) is 16.7. The Morgan fingerprint density at radius 1 is 1.00 bits per heavy atom. The van der Waals surface area contributed by atoms with Gasteiger partial charge in [-0.15, -0.1) is 5.10 Å². The summed E-state index contributed by atoms with van der Waals surface area (Å²) in [5.74, 6) is 0.694. The molecule has 5 rings (SSSR count). The van der Waals surface area contributed by atoms with E-state index in [1.165, 1.54) is 18.2 Å². The third kappa shape index (κ3) is 5.40. The Balaban J connectivity index is 1.11. The minimum Gasteiger partial charge on any atom is -0.489 e. The lowest BCUT2D eigenvalue weighted by Gasteiger charge is -2.18. The molecular weight excluding hydrogens is 449 g/mol. The average molecular weight is 476 g/mol. The van der Waals surface area contributed by atoms with Gasteiger partial charge in [0.2, 0.25) is 5.91 Å². The molecule has 9 heteroatoms. The van der Waals surface area contributed by atoms with Crippen LogP contribution in [0.5, 0.6) is 5.75 Å². The maximum absolute atomic E-state index is 13.4. The third-order valence-corrected chi connectivity index (χ3v) is 6.37. The lowest BCUT2D eigenvalue weighted by Crippen LogP contribution is -2.31. The number of ether oxygens (including phenoxy) is 1. The average Bonchev–Trinajstić information content (AvgIpc) is 3.56. The van der Waals surface area contributed by atoms with Gasteiger partial charge in [0, 0.05) is 43.5 Å². The number of likely N-dealkylation sites (tertiary alicyclic amines) is 1. The van der Waals surface area contributed by atoms with E-state index >= 15 is 0 Å². The smallest absolute Gasteiger partial charge is 0.254 e. The van der Waals surface area contributed by atoms with E-state index in [2.05, 4.69) is 20.4 Å². The molecule has 1 aromatic heterocycles. The summed E-state index contributed by atoms with van der Waals surface area (Å²) in [4.78, 5) is 29.1. The van der Waals surface area contributed by atoms with Crippen LogP contribution >= 0.6 is 0 Å². The van der Waals surface area contributed by atoms with Crippen molar-refractivity contribution in [3.63, 3.8) is 0 Å². The van der Waals surface area contributed by atoms with Gasteiger partial charge in [-0.3, -0.25) is 9.59 Å². The van der Waals surface area contributed by atoms with Gasteiger partial charge in [-0.05, 0) is 61.0 Å². The summed E-state index contributed by atoms with van der Waals surface area (Å²) < 4.78 is 19.5.